The zero-order valence-corrected chi connectivity index (χ0v) is 15.5. The second kappa shape index (κ2) is 7.85. The molecule has 0 aliphatic rings. The number of amides is 2. The first kappa shape index (κ1) is 17.8. The van der Waals surface area contributed by atoms with Crippen molar-refractivity contribution in [1.82, 2.24) is 9.88 Å². The van der Waals surface area contributed by atoms with Crippen molar-refractivity contribution in [2.75, 3.05) is 31.1 Å². The molecule has 0 spiro atoms. The number of aromatic nitrogens is 1. The molecule has 2 amide bonds. The highest BCUT2D eigenvalue weighted by atomic mass is 79.9. The van der Waals surface area contributed by atoms with Crippen LogP contribution in [-0.2, 0) is 9.59 Å². The largest absolute Gasteiger partial charge is 0.361 e. The maximum Gasteiger partial charge on any atom is 0.317 e. The van der Waals surface area contributed by atoms with Gasteiger partial charge in [0.1, 0.15) is 0 Å². The molecule has 2 N–H and O–H groups in total. The van der Waals surface area contributed by atoms with Crippen molar-refractivity contribution in [1.29, 1.82) is 0 Å². The van der Waals surface area contributed by atoms with E-state index in [0.29, 0.717) is 18.2 Å². The molecule has 0 fully saturated rings. The van der Waals surface area contributed by atoms with Gasteiger partial charge >= 0.3 is 11.8 Å². The van der Waals surface area contributed by atoms with Crippen LogP contribution in [0.3, 0.4) is 0 Å². The number of primary amides is 1. The molecule has 0 unspecified atom stereocenters. The lowest BCUT2D eigenvalue weighted by Gasteiger charge is -2.23. The molecule has 1 aromatic carbocycles. The van der Waals surface area contributed by atoms with Crippen molar-refractivity contribution in [3.05, 3.63) is 22.7 Å². The number of nitrogens with zero attached hydrogens (tertiary/aromatic N) is 3. The quantitative estimate of drug-likeness (QED) is 0.756. The first-order valence-corrected chi connectivity index (χ1v) is 8.97. The fraction of sp³-hybridized carbons (Fsp3) is 0.400. The van der Waals surface area contributed by atoms with E-state index < -0.39 is 11.8 Å². The maximum absolute atomic E-state index is 12.2. The zero-order chi connectivity index (χ0) is 17.0. The van der Waals surface area contributed by atoms with Gasteiger partial charge in [-0.05, 0) is 31.3 Å². The van der Waals surface area contributed by atoms with Gasteiger partial charge in [-0.3, -0.25) is 14.5 Å². The second-order valence-electron chi connectivity index (χ2n) is 4.96. The van der Waals surface area contributed by atoms with E-state index in [-0.39, 0.29) is 0 Å². The van der Waals surface area contributed by atoms with Crippen LogP contribution in [-0.4, -0.2) is 47.9 Å². The number of hydrogen-bond donors (Lipinski definition) is 1. The maximum atomic E-state index is 12.2. The number of rotatable bonds is 6. The molecule has 1 aromatic heterocycles. The molecule has 0 saturated heterocycles. The third-order valence-corrected chi connectivity index (χ3v) is 5.09. The van der Waals surface area contributed by atoms with Gasteiger partial charge in [0.15, 0.2) is 5.13 Å². The summed E-state index contributed by atoms with van der Waals surface area (Å²) in [5.74, 6) is -1.69. The number of nitrogens with two attached hydrogens (primary N) is 1. The highest BCUT2D eigenvalue weighted by Crippen LogP contribution is 2.30. The number of likely N-dealkylation sites (N-methyl/N-ethyl adjacent to an activating group) is 1. The predicted octanol–water partition coefficient (Wildman–Crippen LogP) is 2.22. The van der Waals surface area contributed by atoms with E-state index >= 15 is 0 Å². The van der Waals surface area contributed by atoms with E-state index in [4.69, 9.17) is 5.73 Å². The molecular weight excluding hydrogens is 380 g/mol. The number of fused-ring (bicyclic) bond motifs is 1. The van der Waals surface area contributed by atoms with Crippen LogP contribution >= 0.6 is 27.3 Å². The minimum absolute atomic E-state index is 0.379. The van der Waals surface area contributed by atoms with Crippen LogP contribution in [0.15, 0.2) is 22.7 Å². The SMILES string of the molecule is CCN(CC)CCN(C(=O)C(N)=O)c1nc2ccc(Br)cc2s1. The number of carbonyl (C=O) groups is 2. The number of benzene rings is 1. The lowest BCUT2D eigenvalue weighted by Crippen LogP contribution is -2.44. The van der Waals surface area contributed by atoms with Crippen LogP contribution < -0.4 is 10.6 Å². The Kier molecular flexibility index (Phi) is 6.09. The van der Waals surface area contributed by atoms with Crippen LogP contribution in [0, 0.1) is 0 Å². The molecule has 6 nitrogen and oxygen atoms in total. The minimum Gasteiger partial charge on any atom is -0.361 e. The summed E-state index contributed by atoms with van der Waals surface area (Å²) in [6.45, 7) is 6.90. The smallest absolute Gasteiger partial charge is 0.317 e. The summed E-state index contributed by atoms with van der Waals surface area (Å²) in [4.78, 5) is 31.5. The number of hydrogen-bond acceptors (Lipinski definition) is 5. The van der Waals surface area contributed by atoms with Crippen molar-refractivity contribution >= 4 is 54.4 Å². The molecule has 1 heterocycles. The molecule has 124 valence electrons. The summed E-state index contributed by atoms with van der Waals surface area (Å²) >= 11 is 4.79. The number of anilines is 1. The monoisotopic (exact) mass is 398 g/mol. The van der Waals surface area contributed by atoms with Gasteiger partial charge in [0.2, 0.25) is 0 Å². The summed E-state index contributed by atoms with van der Waals surface area (Å²) in [6, 6.07) is 5.70. The van der Waals surface area contributed by atoms with E-state index in [1.54, 1.807) is 0 Å². The Balaban J connectivity index is 2.30. The van der Waals surface area contributed by atoms with Gasteiger partial charge in [-0.2, -0.15) is 0 Å². The average Bonchev–Trinajstić information content (AvgIpc) is 2.93. The number of halogens is 1. The topological polar surface area (TPSA) is 79.5 Å². The fourth-order valence-electron chi connectivity index (χ4n) is 2.20. The zero-order valence-electron chi connectivity index (χ0n) is 13.1. The Labute approximate surface area is 147 Å². The average molecular weight is 399 g/mol. The van der Waals surface area contributed by atoms with Gasteiger partial charge in [-0.15, -0.1) is 0 Å². The summed E-state index contributed by atoms with van der Waals surface area (Å²) in [7, 11) is 0. The predicted molar refractivity (Wildman–Crippen MR) is 96.7 cm³/mol. The van der Waals surface area contributed by atoms with E-state index in [0.717, 1.165) is 27.8 Å². The Bertz CT molecular complexity index is 715. The molecule has 0 aliphatic heterocycles. The van der Waals surface area contributed by atoms with Crippen molar-refractivity contribution in [2.24, 2.45) is 5.73 Å². The van der Waals surface area contributed by atoms with Gasteiger partial charge in [0, 0.05) is 17.6 Å². The van der Waals surface area contributed by atoms with Gasteiger partial charge in [-0.1, -0.05) is 41.1 Å². The highest BCUT2D eigenvalue weighted by Gasteiger charge is 2.24. The van der Waals surface area contributed by atoms with E-state index in [2.05, 4.69) is 39.7 Å². The Morgan fingerprint density at radius 3 is 2.57 bits per heavy atom. The summed E-state index contributed by atoms with van der Waals surface area (Å²) in [5, 5.41) is 0.494. The first-order chi connectivity index (χ1) is 11.0. The van der Waals surface area contributed by atoms with E-state index in [1.807, 2.05) is 18.2 Å². The molecule has 0 atom stereocenters. The molecule has 0 radical (unpaired) electrons. The lowest BCUT2D eigenvalue weighted by molar-refractivity contribution is -0.135. The Morgan fingerprint density at radius 2 is 1.96 bits per heavy atom. The van der Waals surface area contributed by atoms with E-state index in [1.165, 1.54) is 16.2 Å². The molecule has 0 bridgehead atoms. The van der Waals surface area contributed by atoms with Crippen LogP contribution in [0.2, 0.25) is 0 Å². The van der Waals surface area contributed by atoms with Crippen LogP contribution in [0.25, 0.3) is 10.2 Å². The van der Waals surface area contributed by atoms with Crippen molar-refractivity contribution in [3.63, 3.8) is 0 Å². The van der Waals surface area contributed by atoms with Crippen LogP contribution in [0.1, 0.15) is 13.8 Å². The van der Waals surface area contributed by atoms with Crippen LogP contribution in [0.5, 0.6) is 0 Å². The molecule has 2 rings (SSSR count). The lowest BCUT2D eigenvalue weighted by atomic mass is 10.3. The molecule has 0 saturated carbocycles. The first-order valence-electron chi connectivity index (χ1n) is 7.36. The summed E-state index contributed by atoms with van der Waals surface area (Å²) in [5.41, 5.74) is 5.98. The van der Waals surface area contributed by atoms with Crippen LogP contribution in [0.4, 0.5) is 5.13 Å². The van der Waals surface area contributed by atoms with Crippen molar-refractivity contribution < 1.29 is 9.59 Å². The van der Waals surface area contributed by atoms with Crippen molar-refractivity contribution in [3.8, 4) is 0 Å². The minimum atomic E-state index is -0.968. The molecule has 2 aromatic rings. The normalized spacial score (nSPS) is 11.1. The highest BCUT2D eigenvalue weighted by molar-refractivity contribution is 9.10. The van der Waals surface area contributed by atoms with Gasteiger partial charge in [0.25, 0.3) is 0 Å². The third kappa shape index (κ3) is 4.27. The Hall–Kier alpha value is -1.51. The number of carbonyl (C=O) groups excluding carboxylic acids is 2. The molecule has 23 heavy (non-hydrogen) atoms. The molecular formula is C15H19BrN4O2S. The van der Waals surface area contributed by atoms with Gasteiger partial charge < -0.3 is 10.6 Å². The summed E-state index contributed by atoms with van der Waals surface area (Å²) in [6.07, 6.45) is 0. The number of thiazole rings is 1. The Morgan fingerprint density at radius 1 is 1.26 bits per heavy atom. The van der Waals surface area contributed by atoms with E-state index in [9.17, 15) is 9.59 Å². The third-order valence-electron chi connectivity index (χ3n) is 3.56. The van der Waals surface area contributed by atoms with Gasteiger partial charge in [0.05, 0.1) is 10.2 Å². The fourth-order valence-corrected chi connectivity index (χ4v) is 3.74. The van der Waals surface area contributed by atoms with Crippen molar-refractivity contribution in [2.45, 2.75) is 13.8 Å². The standard InChI is InChI=1S/C15H19BrN4O2S/c1-3-19(4-2)7-8-20(14(22)13(17)21)15-18-11-6-5-10(16)9-12(11)23-15/h5-6,9H,3-4,7-8H2,1-2H3,(H2,17,21). The van der Waals surface area contributed by atoms with Gasteiger partial charge in [-0.25, -0.2) is 4.98 Å². The summed E-state index contributed by atoms with van der Waals surface area (Å²) < 4.78 is 1.88. The molecule has 8 heteroatoms. The molecule has 0 aliphatic carbocycles. The second-order valence-corrected chi connectivity index (χ2v) is 6.88.